The molecule has 0 bridgehead atoms. The number of aliphatic carboxylic acids is 1. The van der Waals surface area contributed by atoms with E-state index in [0.717, 1.165) is 33.4 Å². The monoisotopic (exact) mass is 436 g/mol. The molecular formula is C24H25FN4O3. The molecule has 4 aromatic rings. The Morgan fingerprint density at radius 1 is 1.38 bits per heavy atom. The summed E-state index contributed by atoms with van der Waals surface area (Å²) in [6.07, 6.45) is 2.08. The Bertz CT molecular complexity index is 1370. The van der Waals surface area contributed by atoms with E-state index in [-0.39, 0.29) is 17.7 Å². The highest BCUT2D eigenvalue weighted by molar-refractivity contribution is 5.94. The van der Waals surface area contributed by atoms with Crippen molar-refractivity contribution in [3.63, 3.8) is 0 Å². The minimum absolute atomic E-state index is 0.109. The first-order chi connectivity index (χ1) is 15.2. The predicted octanol–water partition coefficient (Wildman–Crippen LogP) is 4.82. The van der Waals surface area contributed by atoms with E-state index < -0.39 is 11.6 Å². The third-order valence-corrected chi connectivity index (χ3v) is 6.47. The lowest BCUT2D eigenvalue weighted by molar-refractivity contribution is -0.157. The Morgan fingerprint density at radius 2 is 2.16 bits per heavy atom. The highest BCUT2D eigenvalue weighted by Gasteiger charge is 2.45. The number of aryl methyl sites for hydroxylation is 1. The fraction of sp³-hybridized carbons (Fsp3) is 0.375. The molecule has 4 heterocycles. The number of pyridine rings is 1. The van der Waals surface area contributed by atoms with E-state index in [9.17, 15) is 14.3 Å². The van der Waals surface area contributed by atoms with E-state index in [1.54, 1.807) is 26.1 Å². The number of hydrogen-bond acceptors (Lipinski definition) is 4. The number of benzene rings is 1. The van der Waals surface area contributed by atoms with E-state index in [2.05, 4.69) is 28.6 Å². The maximum atomic E-state index is 14.1. The number of fused-ring (bicyclic) bond motifs is 2. The van der Waals surface area contributed by atoms with Crippen LogP contribution in [-0.2, 0) is 9.53 Å². The molecule has 0 spiro atoms. The number of ether oxygens (including phenoxy) is 1. The van der Waals surface area contributed by atoms with Gasteiger partial charge >= 0.3 is 5.97 Å². The van der Waals surface area contributed by atoms with Gasteiger partial charge in [0.25, 0.3) is 0 Å². The number of aromatic amines is 1. The average molecular weight is 436 g/mol. The minimum atomic E-state index is -1.24. The number of nitrogens with one attached hydrogen (secondary N) is 1. The molecule has 8 heteroatoms. The van der Waals surface area contributed by atoms with Crippen LogP contribution in [0.2, 0.25) is 0 Å². The number of rotatable bonds is 4. The van der Waals surface area contributed by atoms with Gasteiger partial charge in [0.1, 0.15) is 5.82 Å². The molecule has 0 saturated carbocycles. The van der Waals surface area contributed by atoms with Crippen LogP contribution in [0.5, 0.6) is 0 Å². The molecule has 0 amide bonds. The molecule has 0 aliphatic carbocycles. The van der Waals surface area contributed by atoms with E-state index in [4.69, 9.17) is 9.72 Å². The Hall–Kier alpha value is -3.26. The smallest absolute Gasteiger partial charge is 0.335 e. The zero-order valence-corrected chi connectivity index (χ0v) is 18.4. The Morgan fingerprint density at radius 3 is 2.81 bits per heavy atom. The van der Waals surface area contributed by atoms with Gasteiger partial charge in [-0.15, -0.1) is 0 Å². The van der Waals surface area contributed by atoms with Gasteiger partial charge in [-0.05, 0) is 56.0 Å². The number of carboxylic acids is 1. The van der Waals surface area contributed by atoms with Crippen molar-refractivity contribution in [2.24, 2.45) is 0 Å². The molecule has 0 unspecified atom stereocenters. The van der Waals surface area contributed by atoms with Crippen LogP contribution in [0.4, 0.5) is 4.39 Å². The molecule has 7 nitrogen and oxygen atoms in total. The van der Waals surface area contributed by atoms with Gasteiger partial charge in [0.05, 0.1) is 23.8 Å². The number of carbonyl (C=O) groups is 1. The fourth-order valence-electron chi connectivity index (χ4n) is 4.83. The van der Waals surface area contributed by atoms with Gasteiger partial charge in [-0.2, -0.15) is 5.10 Å². The van der Waals surface area contributed by atoms with E-state index in [1.165, 1.54) is 6.07 Å². The van der Waals surface area contributed by atoms with Gasteiger partial charge in [0.2, 0.25) is 0 Å². The highest BCUT2D eigenvalue weighted by atomic mass is 19.1. The minimum Gasteiger partial charge on any atom is -0.479 e. The van der Waals surface area contributed by atoms with Crippen LogP contribution in [0, 0.1) is 12.7 Å². The molecule has 5 rings (SSSR count). The van der Waals surface area contributed by atoms with E-state index >= 15 is 0 Å². The van der Waals surface area contributed by atoms with Gasteiger partial charge in [0, 0.05) is 28.2 Å². The van der Waals surface area contributed by atoms with Crippen LogP contribution >= 0.6 is 0 Å². The molecule has 32 heavy (non-hydrogen) atoms. The third-order valence-electron chi connectivity index (χ3n) is 6.47. The standard InChI is InChI=1S/C24H25FN4O3/c1-12(2)21-19(15-9-24(4,23(30)31)32-11-15)20-18(8-14-10-26-28-22(14)27-20)29(21)16-5-6-17(25)13(3)7-16/h5-8,10,12,15H,9,11H2,1-4H3,(H,30,31)(H,26,27,28)/t15-,24+/m0/s1. The quantitative estimate of drug-likeness (QED) is 0.478. The Balaban J connectivity index is 1.84. The van der Waals surface area contributed by atoms with E-state index in [0.29, 0.717) is 24.2 Å². The predicted molar refractivity (Wildman–Crippen MR) is 119 cm³/mol. The molecule has 1 aromatic carbocycles. The average Bonchev–Trinajstić information content (AvgIpc) is 3.43. The summed E-state index contributed by atoms with van der Waals surface area (Å²) in [5.41, 5.74) is 4.51. The molecule has 2 N–H and O–H groups in total. The van der Waals surface area contributed by atoms with Crippen LogP contribution in [0.15, 0.2) is 30.5 Å². The van der Waals surface area contributed by atoms with Crippen LogP contribution in [0.25, 0.3) is 27.8 Å². The molecular weight excluding hydrogens is 411 g/mol. The summed E-state index contributed by atoms with van der Waals surface area (Å²) in [6, 6.07) is 7.10. The second kappa shape index (κ2) is 7.13. The zero-order chi connectivity index (χ0) is 22.8. The van der Waals surface area contributed by atoms with Crippen molar-refractivity contribution in [1.82, 2.24) is 19.7 Å². The lowest BCUT2D eigenvalue weighted by Crippen LogP contribution is -2.34. The van der Waals surface area contributed by atoms with Gasteiger partial charge in [-0.25, -0.2) is 14.2 Å². The van der Waals surface area contributed by atoms with Crippen LogP contribution in [0.3, 0.4) is 0 Å². The number of aromatic nitrogens is 4. The third kappa shape index (κ3) is 3.01. The normalized spacial score (nSPS) is 21.2. The maximum absolute atomic E-state index is 14.1. The van der Waals surface area contributed by atoms with Crippen molar-refractivity contribution in [2.45, 2.75) is 51.6 Å². The molecule has 1 fully saturated rings. The number of H-pyrrole nitrogens is 1. The van der Waals surface area contributed by atoms with Gasteiger partial charge in [-0.3, -0.25) is 5.10 Å². The van der Waals surface area contributed by atoms with Gasteiger partial charge in [0.15, 0.2) is 11.2 Å². The molecule has 1 saturated heterocycles. The van der Waals surface area contributed by atoms with Crippen molar-refractivity contribution < 1.29 is 19.0 Å². The number of nitrogens with zero attached hydrogens (tertiary/aromatic N) is 3. The Labute approximate surface area is 184 Å². The van der Waals surface area contributed by atoms with Crippen LogP contribution in [0.1, 0.15) is 55.8 Å². The topological polar surface area (TPSA) is 93.0 Å². The van der Waals surface area contributed by atoms with Crippen molar-refractivity contribution in [3.8, 4) is 5.69 Å². The van der Waals surface area contributed by atoms with Gasteiger partial charge < -0.3 is 14.4 Å². The summed E-state index contributed by atoms with van der Waals surface area (Å²) < 4.78 is 22.0. The first-order valence-electron chi connectivity index (χ1n) is 10.7. The first-order valence-corrected chi connectivity index (χ1v) is 10.7. The van der Waals surface area contributed by atoms with Crippen molar-refractivity contribution in [2.75, 3.05) is 6.61 Å². The SMILES string of the molecule is Cc1cc(-n2c(C(C)C)c([C@@H]3CO[C@@](C)(C(=O)O)C3)c3nc4[nH]ncc4cc32)ccc1F. The van der Waals surface area contributed by atoms with Crippen molar-refractivity contribution >= 4 is 28.0 Å². The largest absolute Gasteiger partial charge is 0.479 e. The summed E-state index contributed by atoms with van der Waals surface area (Å²) in [5, 5.41) is 17.6. The van der Waals surface area contributed by atoms with Crippen LogP contribution in [-0.4, -0.2) is 43.0 Å². The Kier molecular flexibility index (Phi) is 4.60. The summed E-state index contributed by atoms with van der Waals surface area (Å²) in [5.74, 6) is -1.24. The number of hydrogen-bond donors (Lipinski definition) is 2. The lowest BCUT2D eigenvalue weighted by atomic mass is 9.88. The second-order valence-corrected chi connectivity index (χ2v) is 9.13. The maximum Gasteiger partial charge on any atom is 0.335 e. The first kappa shape index (κ1) is 20.6. The molecule has 3 aromatic heterocycles. The van der Waals surface area contributed by atoms with Gasteiger partial charge in [-0.1, -0.05) is 13.8 Å². The fourth-order valence-corrected chi connectivity index (χ4v) is 4.83. The highest BCUT2D eigenvalue weighted by Crippen LogP contribution is 2.45. The summed E-state index contributed by atoms with van der Waals surface area (Å²) in [7, 11) is 0. The molecule has 2 atom stereocenters. The lowest BCUT2D eigenvalue weighted by Gasteiger charge is -2.19. The number of halogens is 1. The molecule has 1 aliphatic heterocycles. The van der Waals surface area contributed by atoms with Crippen molar-refractivity contribution in [1.29, 1.82) is 0 Å². The molecule has 0 radical (unpaired) electrons. The molecule has 1 aliphatic rings. The van der Waals surface area contributed by atoms with Crippen molar-refractivity contribution in [3.05, 3.63) is 53.1 Å². The summed E-state index contributed by atoms with van der Waals surface area (Å²) in [6.45, 7) is 7.87. The van der Waals surface area contributed by atoms with E-state index in [1.807, 2.05) is 12.1 Å². The number of carboxylic acid groups (broad SMARTS) is 1. The summed E-state index contributed by atoms with van der Waals surface area (Å²) in [4.78, 5) is 16.7. The second-order valence-electron chi connectivity index (χ2n) is 9.13. The molecule has 166 valence electrons. The zero-order valence-electron chi connectivity index (χ0n) is 18.4. The summed E-state index contributed by atoms with van der Waals surface area (Å²) >= 11 is 0. The van der Waals surface area contributed by atoms with Crippen LogP contribution < -0.4 is 0 Å².